The molecule has 0 atom stereocenters. The van der Waals surface area contributed by atoms with Gasteiger partial charge in [-0.1, -0.05) is 11.6 Å². The SMILES string of the molecule is O=C(N1CCNCC1)C(F)(F)c1ncc(C(F)(F)F)cc1Cl. The number of pyridine rings is 1. The number of halogens is 6. The van der Waals surface area contributed by atoms with Gasteiger partial charge < -0.3 is 10.2 Å². The van der Waals surface area contributed by atoms with Gasteiger partial charge in [0.05, 0.1) is 10.6 Å². The van der Waals surface area contributed by atoms with Crippen molar-refractivity contribution in [3.8, 4) is 0 Å². The van der Waals surface area contributed by atoms with E-state index in [0.29, 0.717) is 19.2 Å². The van der Waals surface area contributed by atoms with Gasteiger partial charge in [0.15, 0.2) is 0 Å². The maximum absolute atomic E-state index is 14.2. The average Bonchev–Trinajstić information content (AvgIpc) is 2.46. The normalized spacial score (nSPS) is 16.7. The maximum atomic E-state index is 14.2. The van der Waals surface area contributed by atoms with Crippen LogP contribution in [0, 0.1) is 0 Å². The zero-order valence-electron chi connectivity index (χ0n) is 11.1. The van der Waals surface area contributed by atoms with Crippen LogP contribution in [0.4, 0.5) is 22.0 Å². The van der Waals surface area contributed by atoms with Gasteiger partial charge in [-0.05, 0) is 6.07 Å². The number of alkyl halides is 5. The summed E-state index contributed by atoms with van der Waals surface area (Å²) < 4.78 is 65.8. The summed E-state index contributed by atoms with van der Waals surface area (Å²) in [6.07, 6.45) is -4.52. The highest BCUT2D eigenvalue weighted by atomic mass is 35.5. The molecule has 4 nitrogen and oxygen atoms in total. The van der Waals surface area contributed by atoms with E-state index in [4.69, 9.17) is 11.6 Å². The van der Waals surface area contributed by atoms with Gasteiger partial charge in [0, 0.05) is 32.4 Å². The van der Waals surface area contributed by atoms with Crippen LogP contribution in [0.3, 0.4) is 0 Å². The molecule has 1 aliphatic rings. The number of aromatic nitrogens is 1. The van der Waals surface area contributed by atoms with E-state index >= 15 is 0 Å². The third-order valence-electron chi connectivity index (χ3n) is 3.14. The topological polar surface area (TPSA) is 45.2 Å². The highest BCUT2D eigenvalue weighted by Gasteiger charge is 2.47. The van der Waals surface area contributed by atoms with E-state index in [1.54, 1.807) is 0 Å². The van der Waals surface area contributed by atoms with E-state index in [1.165, 1.54) is 0 Å². The molecule has 1 aliphatic heterocycles. The Labute approximate surface area is 127 Å². The molecule has 1 amide bonds. The van der Waals surface area contributed by atoms with Crippen molar-refractivity contribution in [3.05, 3.63) is 28.5 Å². The lowest BCUT2D eigenvalue weighted by molar-refractivity contribution is -0.160. The number of rotatable bonds is 2. The molecule has 0 aromatic carbocycles. The molecule has 0 unspecified atom stereocenters. The number of hydrogen-bond donors (Lipinski definition) is 1. The molecule has 122 valence electrons. The predicted molar refractivity (Wildman–Crippen MR) is 67.6 cm³/mol. The first kappa shape index (κ1) is 16.9. The summed E-state index contributed by atoms with van der Waals surface area (Å²) in [5.41, 5.74) is -2.43. The molecule has 1 saturated heterocycles. The van der Waals surface area contributed by atoms with Crippen molar-refractivity contribution in [2.75, 3.05) is 26.2 Å². The first-order valence-corrected chi connectivity index (χ1v) is 6.63. The lowest BCUT2D eigenvalue weighted by Crippen LogP contribution is -2.51. The minimum atomic E-state index is -4.76. The minimum absolute atomic E-state index is 0.0761. The fraction of sp³-hybridized carbons (Fsp3) is 0.500. The number of carbonyl (C=O) groups is 1. The second kappa shape index (κ2) is 5.96. The Bertz CT molecular complexity index is 572. The molecule has 1 N–H and O–H groups in total. The van der Waals surface area contributed by atoms with Gasteiger partial charge in [-0.2, -0.15) is 22.0 Å². The van der Waals surface area contributed by atoms with Gasteiger partial charge in [0.2, 0.25) is 0 Å². The molecular formula is C12H11ClF5N3O. The zero-order valence-corrected chi connectivity index (χ0v) is 11.8. The fourth-order valence-electron chi connectivity index (χ4n) is 1.99. The molecule has 2 rings (SSSR count). The minimum Gasteiger partial charge on any atom is -0.335 e. The van der Waals surface area contributed by atoms with E-state index < -0.39 is 34.3 Å². The van der Waals surface area contributed by atoms with Gasteiger partial charge in [-0.25, -0.2) is 0 Å². The summed E-state index contributed by atoms with van der Waals surface area (Å²) in [7, 11) is 0. The number of piperazine rings is 1. The van der Waals surface area contributed by atoms with E-state index in [2.05, 4.69) is 10.3 Å². The third kappa shape index (κ3) is 3.30. The fourth-order valence-corrected chi connectivity index (χ4v) is 2.28. The van der Waals surface area contributed by atoms with Crippen molar-refractivity contribution >= 4 is 17.5 Å². The molecule has 10 heteroatoms. The number of nitrogens with one attached hydrogen (secondary N) is 1. The van der Waals surface area contributed by atoms with Crippen LogP contribution in [0.1, 0.15) is 11.3 Å². The predicted octanol–water partition coefficient (Wildman–Crippen LogP) is 2.28. The standard InChI is InChI=1S/C12H11ClF5N3O/c13-8-5-7(12(16,17)18)6-20-9(8)11(14,15)10(22)21-3-1-19-2-4-21/h5-6,19H,1-4H2. The number of nitrogens with zero attached hydrogens (tertiary/aromatic N) is 2. The van der Waals surface area contributed by atoms with Crippen LogP contribution < -0.4 is 5.32 Å². The molecule has 1 aromatic heterocycles. The molecule has 1 fully saturated rings. The van der Waals surface area contributed by atoms with Gasteiger partial charge in [-0.3, -0.25) is 9.78 Å². The highest BCUT2D eigenvalue weighted by molar-refractivity contribution is 6.31. The Morgan fingerprint density at radius 1 is 1.23 bits per heavy atom. The summed E-state index contributed by atoms with van der Waals surface area (Å²) in [6.45, 7) is 0.866. The molecule has 1 aromatic rings. The summed E-state index contributed by atoms with van der Waals surface area (Å²) in [4.78, 5) is 15.9. The lowest BCUT2D eigenvalue weighted by Gasteiger charge is -2.30. The Balaban J connectivity index is 2.30. The van der Waals surface area contributed by atoms with Gasteiger partial charge >= 0.3 is 12.1 Å². The van der Waals surface area contributed by atoms with Gasteiger partial charge in [0.1, 0.15) is 5.69 Å². The van der Waals surface area contributed by atoms with E-state index in [0.717, 1.165) is 4.90 Å². The first-order chi connectivity index (χ1) is 10.1. The Morgan fingerprint density at radius 3 is 2.32 bits per heavy atom. The molecule has 0 radical (unpaired) electrons. The third-order valence-corrected chi connectivity index (χ3v) is 3.43. The Morgan fingerprint density at radius 2 is 1.82 bits per heavy atom. The van der Waals surface area contributed by atoms with Crippen LogP contribution in [0.2, 0.25) is 5.02 Å². The lowest BCUT2D eigenvalue weighted by atomic mass is 10.1. The van der Waals surface area contributed by atoms with Crippen LogP contribution in [0.25, 0.3) is 0 Å². The average molecular weight is 344 g/mol. The van der Waals surface area contributed by atoms with Crippen molar-refractivity contribution in [3.63, 3.8) is 0 Å². The second-order valence-electron chi connectivity index (χ2n) is 4.67. The van der Waals surface area contributed by atoms with Crippen molar-refractivity contribution < 1.29 is 26.7 Å². The number of carbonyl (C=O) groups excluding carboxylic acids is 1. The summed E-state index contributed by atoms with van der Waals surface area (Å²) in [5.74, 6) is -5.61. The zero-order chi connectivity index (χ0) is 16.5. The maximum Gasteiger partial charge on any atom is 0.417 e. The number of hydrogen-bond acceptors (Lipinski definition) is 3. The molecule has 0 bridgehead atoms. The van der Waals surface area contributed by atoms with E-state index in [-0.39, 0.29) is 19.3 Å². The van der Waals surface area contributed by atoms with Crippen LogP contribution in [-0.2, 0) is 16.9 Å². The monoisotopic (exact) mass is 343 g/mol. The summed E-state index contributed by atoms with van der Waals surface area (Å²) in [6, 6.07) is 0.336. The van der Waals surface area contributed by atoms with Crippen LogP contribution >= 0.6 is 11.6 Å². The van der Waals surface area contributed by atoms with Gasteiger partial charge in [0.25, 0.3) is 5.91 Å². The first-order valence-electron chi connectivity index (χ1n) is 6.25. The van der Waals surface area contributed by atoms with Gasteiger partial charge in [-0.15, -0.1) is 0 Å². The van der Waals surface area contributed by atoms with Crippen molar-refractivity contribution in [1.29, 1.82) is 0 Å². The quantitative estimate of drug-likeness (QED) is 0.838. The van der Waals surface area contributed by atoms with E-state index in [1.807, 2.05) is 0 Å². The van der Waals surface area contributed by atoms with Crippen LogP contribution in [0.5, 0.6) is 0 Å². The van der Waals surface area contributed by atoms with Crippen LogP contribution in [0.15, 0.2) is 12.3 Å². The van der Waals surface area contributed by atoms with Crippen molar-refractivity contribution in [1.82, 2.24) is 15.2 Å². The summed E-state index contributed by atoms with van der Waals surface area (Å²) in [5, 5.41) is 1.99. The summed E-state index contributed by atoms with van der Waals surface area (Å²) >= 11 is 5.48. The van der Waals surface area contributed by atoms with Crippen LogP contribution in [-0.4, -0.2) is 42.0 Å². The molecule has 0 aliphatic carbocycles. The molecule has 0 saturated carbocycles. The smallest absolute Gasteiger partial charge is 0.335 e. The largest absolute Gasteiger partial charge is 0.417 e. The van der Waals surface area contributed by atoms with E-state index in [9.17, 15) is 26.7 Å². The molecular weight excluding hydrogens is 333 g/mol. The number of amides is 1. The van der Waals surface area contributed by atoms with Crippen molar-refractivity contribution in [2.24, 2.45) is 0 Å². The molecule has 2 heterocycles. The Kier molecular flexibility index (Phi) is 4.57. The highest BCUT2D eigenvalue weighted by Crippen LogP contribution is 2.37. The molecule has 22 heavy (non-hydrogen) atoms. The molecule has 0 spiro atoms. The van der Waals surface area contributed by atoms with Crippen molar-refractivity contribution in [2.45, 2.75) is 12.1 Å². The second-order valence-corrected chi connectivity index (χ2v) is 5.08. The Hall–Kier alpha value is -1.48.